The lowest BCUT2D eigenvalue weighted by Gasteiger charge is -2.29. The molecule has 1 amide bonds. The van der Waals surface area contributed by atoms with Crippen LogP contribution in [0.4, 0.5) is 4.79 Å². The number of ether oxygens (including phenoxy) is 1. The predicted octanol–water partition coefficient (Wildman–Crippen LogP) is 3.95. The van der Waals surface area contributed by atoms with E-state index < -0.39 is 17.0 Å². The highest BCUT2D eigenvalue weighted by atomic mass is 32.2. The summed E-state index contributed by atoms with van der Waals surface area (Å²) in [5.74, 6) is 0.349. The molecule has 1 rings (SSSR count). The van der Waals surface area contributed by atoms with Crippen molar-refractivity contribution in [3.05, 3.63) is 0 Å². The van der Waals surface area contributed by atoms with Crippen LogP contribution in [0.15, 0.2) is 4.40 Å². The average Bonchev–Trinajstić information content (AvgIpc) is 2.33. The summed E-state index contributed by atoms with van der Waals surface area (Å²) in [7, 11) is 0. The van der Waals surface area contributed by atoms with Gasteiger partial charge in [0.05, 0.1) is 6.21 Å². The van der Waals surface area contributed by atoms with E-state index in [4.69, 9.17) is 4.74 Å². The summed E-state index contributed by atoms with van der Waals surface area (Å²) in [6, 6.07) is 0. The summed E-state index contributed by atoms with van der Waals surface area (Å²) in [4.78, 5) is 13.9. The van der Waals surface area contributed by atoms with E-state index in [-0.39, 0.29) is 10.8 Å². The summed E-state index contributed by atoms with van der Waals surface area (Å²) in [6.45, 7) is 12.9. The van der Waals surface area contributed by atoms with E-state index in [1.54, 1.807) is 4.90 Å². The maximum Gasteiger partial charge on any atom is 0.410 e. The number of hydrogen-bond acceptors (Lipinski definition) is 4. The fraction of sp³-hybridized carbons (Fsp3) is 0.882. The largest absolute Gasteiger partial charge is 0.591 e. The van der Waals surface area contributed by atoms with Gasteiger partial charge in [-0.25, -0.2) is 4.79 Å². The lowest BCUT2D eigenvalue weighted by Crippen LogP contribution is -2.39. The third-order valence-corrected chi connectivity index (χ3v) is 4.91. The second-order valence-electron chi connectivity index (χ2n) is 8.13. The van der Waals surface area contributed by atoms with Crippen molar-refractivity contribution < 1.29 is 14.1 Å². The molecular formula is C17H32N2O3S. The van der Waals surface area contributed by atoms with Gasteiger partial charge in [-0.3, -0.25) is 0 Å². The van der Waals surface area contributed by atoms with Crippen LogP contribution in [0.1, 0.15) is 67.2 Å². The third-order valence-electron chi connectivity index (χ3n) is 3.55. The quantitative estimate of drug-likeness (QED) is 0.563. The minimum absolute atomic E-state index is 0.224. The first-order valence-corrected chi connectivity index (χ1v) is 9.54. The SMILES string of the molecule is CC(C)(C)OC(=O)N1CCCC(/C=N/[S+]([O-])C(C)(C)C)CCC1. The zero-order chi connectivity index (χ0) is 17.7. The molecule has 23 heavy (non-hydrogen) atoms. The number of hydrogen-bond donors (Lipinski definition) is 0. The van der Waals surface area contributed by atoms with Crippen LogP contribution in [-0.4, -0.2) is 45.2 Å². The molecule has 134 valence electrons. The van der Waals surface area contributed by atoms with Gasteiger partial charge in [0.1, 0.15) is 21.7 Å². The predicted molar refractivity (Wildman–Crippen MR) is 96.2 cm³/mol. The minimum Gasteiger partial charge on any atom is -0.591 e. The van der Waals surface area contributed by atoms with Gasteiger partial charge in [0, 0.05) is 13.1 Å². The van der Waals surface area contributed by atoms with Crippen molar-refractivity contribution in [1.82, 2.24) is 4.90 Å². The molecule has 5 nitrogen and oxygen atoms in total. The van der Waals surface area contributed by atoms with Crippen LogP contribution < -0.4 is 0 Å². The monoisotopic (exact) mass is 344 g/mol. The molecule has 1 fully saturated rings. The molecular weight excluding hydrogens is 312 g/mol. The summed E-state index contributed by atoms with van der Waals surface area (Å²) >= 11 is -1.19. The molecule has 0 aromatic heterocycles. The summed E-state index contributed by atoms with van der Waals surface area (Å²) in [6.07, 6.45) is 5.40. The highest BCUT2D eigenvalue weighted by molar-refractivity contribution is 7.91. The van der Waals surface area contributed by atoms with E-state index in [2.05, 4.69) is 4.40 Å². The van der Waals surface area contributed by atoms with Crippen LogP contribution in [0.2, 0.25) is 0 Å². The molecule has 6 heteroatoms. The van der Waals surface area contributed by atoms with Crippen molar-refractivity contribution in [2.45, 2.75) is 77.6 Å². The molecule has 0 spiro atoms. The Morgan fingerprint density at radius 3 is 2.13 bits per heavy atom. The highest BCUT2D eigenvalue weighted by Gasteiger charge is 2.27. The fourth-order valence-corrected chi connectivity index (χ4v) is 2.90. The van der Waals surface area contributed by atoms with Gasteiger partial charge in [-0.15, -0.1) is 0 Å². The number of carbonyl (C=O) groups excluding carboxylic acids is 1. The molecule has 1 aliphatic rings. The minimum atomic E-state index is -1.19. The Hall–Kier alpha value is -0.750. The Kier molecular flexibility index (Phi) is 7.39. The molecule has 1 aliphatic heterocycles. The number of nitrogens with zero attached hydrogens (tertiary/aromatic N) is 2. The van der Waals surface area contributed by atoms with Crippen LogP contribution >= 0.6 is 0 Å². The smallest absolute Gasteiger partial charge is 0.410 e. The third kappa shape index (κ3) is 8.06. The molecule has 0 saturated carbocycles. The molecule has 0 aromatic rings. The highest BCUT2D eigenvalue weighted by Crippen LogP contribution is 2.21. The number of amides is 1. The molecule has 0 N–H and O–H groups in total. The lowest BCUT2D eigenvalue weighted by atomic mass is 9.97. The molecule has 1 atom stereocenters. The zero-order valence-corrected chi connectivity index (χ0v) is 16.2. The van der Waals surface area contributed by atoms with E-state index in [0.29, 0.717) is 19.0 Å². The summed E-state index contributed by atoms with van der Waals surface area (Å²) in [5, 5.41) is 0. The van der Waals surface area contributed by atoms with Crippen molar-refractivity contribution in [2.75, 3.05) is 13.1 Å². The Labute approximate surface area is 144 Å². The van der Waals surface area contributed by atoms with Crippen molar-refractivity contribution >= 4 is 23.7 Å². The van der Waals surface area contributed by atoms with Crippen molar-refractivity contribution in [1.29, 1.82) is 0 Å². The summed E-state index contributed by atoms with van der Waals surface area (Å²) < 4.78 is 21.3. The van der Waals surface area contributed by atoms with Gasteiger partial charge in [-0.05, 0) is 73.1 Å². The zero-order valence-electron chi connectivity index (χ0n) is 15.4. The van der Waals surface area contributed by atoms with Gasteiger partial charge in [-0.2, -0.15) is 0 Å². The van der Waals surface area contributed by atoms with Gasteiger partial charge < -0.3 is 14.2 Å². The van der Waals surface area contributed by atoms with Crippen molar-refractivity contribution in [3.63, 3.8) is 0 Å². The Balaban J connectivity index is 2.48. The Bertz CT molecular complexity index is 403. The van der Waals surface area contributed by atoms with E-state index in [0.717, 1.165) is 25.7 Å². The lowest BCUT2D eigenvalue weighted by molar-refractivity contribution is 0.0233. The van der Waals surface area contributed by atoms with Gasteiger partial charge in [0.25, 0.3) is 0 Å². The van der Waals surface area contributed by atoms with Crippen LogP contribution in [0.25, 0.3) is 0 Å². The van der Waals surface area contributed by atoms with Gasteiger partial charge in [-0.1, -0.05) is 4.40 Å². The maximum atomic E-state index is 12.1. The van der Waals surface area contributed by atoms with Crippen LogP contribution in [0, 0.1) is 5.92 Å². The Morgan fingerprint density at radius 1 is 1.17 bits per heavy atom. The van der Waals surface area contributed by atoms with E-state index in [9.17, 15) is 9.35 Å². The second kappa shape index (κ2) is 8.38. The second-order valence-corrected chi connectivity index (χ2v) is 10.1. The van der Waals surface area contributed by atoms with Crippen molar-refractivity contribution in [3.8, 4) is 0 Å². The summed E-state index contributed by atoms with van der Waals surface area (Å²) in [5.41, 5.74) is -0.453. The molecule has 0 aromatic carbocycles. The van der Waals surface area contributed by atoms with Gasteiger partial charge >= 0.3 is 6.09 Å². The van der Waals surface area contributed by atoms with Gasteiger partial charge in [0.2, 0.25) is 0 Å². The van der Waals surface area contributed by atoms with Gasteiger partial charge in [0.15, 0.2) is 0 Å². The van der Waals surface area contributed by atoms with Crippen LogP contribution in [0.3, 0.4) is 0 Å². The molecule has 0 bridgehead atoms. The van der Waals surface area contributed by atoms with E-state index in [1.165, 1.54) is 0 Å². The van der Waals surface area contributed by atoms with Crippen LogP contribution in [0.5, 0.6) is 0 Å². The normalized spacial score (nSPS) is 20.2. The number of likely N-dealkylation sites (tertiary alicyclic amines) is 1. The fourth-order valence-electron chi connectivity index (χ4n) is 2.30. The first-order chi connectivity index (χ1) is 10.5. The average molecular weight is 345 g/mol. The van der Waals surface area contributed by atoms with E-state index in [1.807, 2.05) is 47.8 Å². The molecule has 0 radical (unpaired) electrons. The van der Waals surface area contributed by atoms with Crippen molar-refractivity contribution in [2.24, 2.45) is 10.3 Å². The standard InChI is InChI=1S/C17H32N2O3S/c1-16(2,3)22-15(20)19-11-7-9-14(10-8-12-19)13-18-23(21)17(4,5)6/h13-14H,7-12H2,1-6H3/b18-13+. The Morgan fingerprint density at radius 2 is 1.70 bits per heavy atom. The molecule has 1 unspecified atom stereocenters. The molecule has 1 saturated heterocycles. The topological polar surface area (TPSA) is 65.0 Å². The van der Waals surface area contributed by atoms with Crippen LogP contribution in [-0.2, 0) is 16.1 Å². The number of carbonyl (C=O) groups is 1. The number of rotatable bonds is 2. The maximum absolute atomic E-state index is 12.1. The molecule has 1 heterocycles. The first-order valence-electron chi connectivity index (χ1n) is 8.43. The molecule has 0 aliphatic carbocycles. The van der Waals surface area contributed by atoms with E-state index >= 15 is 0 Å². The first kappa shape index (κ1) is 20.3.